The monoisotopic (exact) mass is 302 g/mol. The topological polar surface area (TPSA) is 61.9 Å². The van der Waals surface area contributed by atoms with Crippen LogP contribution in [0.4, 0.5) is 0 Å². The summed E-state index contributed by atoms with van der Waals surface area (Å²) in [6.45, 7) is 6.89. The molecule has 0 spiro atoms. The molecule has 0 atom stereocenters. The summed E-state index contributed by atoms with van der Waals surface area (Å²) >= 11 is 5.91. The van der Waals surface area contributed by atoms with Crippen LogP contribution in [-0.2, 0) is 4.79 Å². The van der Waals surface area contributed by atoms with Gasteiger partial charge in [-0.2, -0.15) is 5.10 Å². The highest BCUT2D eigenvalue weighted by atomic mass is 35.5. The molecule has 1 fully saturated rings. The van der Waals surface area contributed by atoms with Gasteiger partial charge in [0.25, 0.3) is 0 Å². The highest BCUT2D eigenvalue weighted by molar-refractivity contribution is 6.65. The molecule has 0 aromatic carbocycles. The molecular weight excluding hydrogens is 276 g/mol. The fourth-order valence-electron chi connectivity index (χ4n) is 2.49. The fourth-order valence-corrected chi connectivity index (χ4v) is 2.59. The maximum Gasteiger partial charge on any atom is 0.222 e. The van der Waals surface area contributed by atoms with Crippen LogP contribution in [0, 0.1) is 0 Å². The van der Waals surface area contributed by atoms with E-state index in [9.17, 15) is 4.79 Å². The SMILES string of the molecule is CCCCC(=O)N1CCC(N(CC)/N=C(/Cl)CN)CC1. The van der Waals surface area contributed by atoms with Crippen LogP contribution < -0.4 is 5.73 Å². The van der Waals surface area contributed by atoms with E-state index >= 15 is 0 Å². The molecule has 1 heterocycles. The predicted octanol–water partition coefficient (Wildman–Crippen LogP) is 2.00. The van der Waals surface area contributed by atoms with Gasteiger partial charge in [-0.15, -0.1) is 0 Å². The van der Waals surface area contributed by atoms with Crippen LogP contribution in [0.25, 0.3) is 0 Å². The average molecular weight is 303 g/mol. The Hall–Kier alpha value is -0.810. The minimum atomic E-state index is 0.270. The molecule has 116 valence electrons. The molecule has 2 N–H and O–H groups in total. The zero-order chi connectivity index (χ0) is 15.0. The highest BCUT2D eigenvalue weighted by Gasteiger charge is 2.25. The molecule has 0 aromatic heterocycles. The minimum absolute atomic E-state index is 0.270. The molecule has 0 radical (unpaired) electrons. The highest BCUT2D eigenvalue weighted by Crippen LogP contribution is 2.18. The first kappa shape index (κ1) is 17.2. The molecular formula is C14H27ClN4O. The molecule has 0 aliphatic carbocycles. The van der Waals surface area contributed by atoms with Crippen molar-refractivity contribution >= 4 is 22.7 Å². The summed E-state index contributed by atoms with van der Waals surface area (Å²) in [5, 5.41) is 6.78. The average Bonchev–Trinajstić information content (AvgIpc) is 2.50. The van der Waals surface area contributed by atoms with Crippen LogP contribution in [0.3, 0.4) is 0 Å². The molecule has 1 aliphatic heterocycles. The maximum absolute atomic E-state index is 12.0. The van der Waals surface area contributed by atoms with Gasteiger partial charge in [-0.25, -0.2) is 0 Å². The molecule has 1 aliphatic rings. The standard InChI is InChI=1S/C14H27ClN4O/c1-3-5-6-14(20)18-9-7-12(8-10-18)19(4-2)17-13(15)11-16/h12H,3-11,16H2,1-2H3/b17-13+. The predicted molar refractivity (Wildman–Crippen MR) is 83.8 cm³/mol. The van der Waals surface area contributed by atoms with Crippen molar-refractivity contribution in [3.63, 3.8) is 0 Å². The number of hydrogen-bond acceptors (Lipinski definition) is 4. The lowest BCUT2D eigenvalue weighted by atomic mass is 10.0. The first-order valence-corrected chi connectivity index (χ1v) is 7.97. The minimum Gasteiger partial charge on any atom is -0.343 e. The second-order valence-corrected chi connectivity index (χ2v) is 5.59. The molecule has 1 saturated heterocycles. The van der Waals surface area contributed by atoms with E-state index in [1.807, 2.05) is 9.91 Å². The van der Waals surface area contributed by atoms with Crippen LogP contribution in [-0.4, -0.2) is 53.2 Å². The van der Waals surface area contributed by atoms with Crippen molar-refractivity contribution in [2.24, 2.45) is 10.8 Å². The molecule has 5 nitrogen and oxygen atoms in total. The second-order valence-electron chi connectivity index (χ2n) is 5.15. The number of nitrogens with two attached hydrogens (primary N) is 1. The number of hydrazone groups is 1. The number of nitrogens with zero attached hydrogens (tertiary/aromatic N) is 3. The lowest BCUT2D eigenvalue weighted by molar-refractivity contribution is -0.132. The summed E-state index contributed by atoms with van der Waals surface area (Å²) in [5.74, 6) is 0.289. The van der Waals surface area contributed by atoms with Gasteiger partial charge in [0.05, 0.1) is 6.04 Å². The summed E-state index contributed by atoms with van der Waals surface area (Å²) in [6.07, 6.45) is 4.62. The summed E-state index contributed by atoms with van der Waals surface area (Å²) in [7, 11) is 0. The molecule has 1 rings (SSSR count). The number of amides is 1. The molecule has 1 amide bonds. The Morgan fingerprint density at radius 2 is 2.05 bits per heavy atom. The number of unbranched alkanes of at least 4 members (excludes halogenated alkanes) is 1. The van der Waals surface area contributed by atoms with E-state index in [1.165, 1.54) is 0 Å². The molecule has 0 unspecified atom stereocenters. The van der Waals surface area contributed by atoms with Gasteiger partial charge < -0.3 is 10.6 Å². The Labute approximate surface area is 127 Å². The van der Waals surface area contributed by atoms with Gasteiger partial charge in [-0.05, 0) is 26.2 Å². The van der Waals surface area contributed by atoms with Gasteiger partial charge in [0, 0.05) is 32.6 Å². The smallest absolute Gasteiger partial charge is 0.222 e. The number of halogens is 1. The van der Waals surface area contributed by atoms with Gasteiger partial charge in [-0.1, -0.05) is 24.9 Å². The summed E-state index contributed by atoms with van der Waals surface area (Å²) in [6, 6.07) is 0.357. The fraction of sp³-hybridized carbons (Fsp3) is 0.857. The largest absolute Gasteiger partial charge is 0.343 e. The zero-order valence-corrected chi connectivity index (χ0v) is 13.4. The van der Waals surface area contributed by atoms with Crippen LogP contribution in [0.15, 0.2) is 5.10 Å². The van der Waals surface area contributed by atoms with Gasteiger partial charge in [0.1, 0.15) is 5.17 Å². The van der Waals surface area contributed by atoms with E-state index in [2.05, 4.69) is 18.9 Å². The Kier molecular flexibility index (Phi) is 7.92. The number of carbonyl (C=O) groups excluding carboxylic acids is 1. The third kappa shape index (κ3) is 5.29. The number of rotatable bonds is 7. The van der Waals surface area contributed by atoms with Gasteiger partial charge >= 0.3 is 0 Å². The Balaban J connectivity index is 2.46. The van der Waals surface area contributed by atoms with Crippen molar-refractivity contribution in [1.29, 1.82) is 0 Å². The summed E-state index contributed by atoms with van der Waals surface area (Å²) in [4.78, 5) is 14.0. The zero-order valence-electron chi connectivity index (χ0n) is 12.6. The molecule has 0 saturated carbocycles. The van der Waals surface area contributed by atoms with Crippen LogP contribution in [0.5, 0.6) is 0 Å². The second kappa shape index (κ2) is 9.19. The number of piperidine rings is 1. The van der Waals surface area contributed by atoms with Gasteiger partial charge in [0.2, 0.25) is 5.91 Å². The molecule has 6 heteroatoms. The Morgan fingerprint density at radius 1 is 1.40 bits per heavy atom. The first-order chi connectivity index (χ1) is 9.62. The van der Waals surface area contributed by atoms with Crippen molar-refractivity contribution < 1.29 is 4.79 Å². The van der Waals surface area contributed by atoms with Crippen LogP contribution in [0.2, 0.25) is 0 Å². The van der Waals surface area contributed by atoms with E-state index in [-0.39, 0.29) is 12.5 Å². The van der Waals surface area contributed by atoms with Crippen molar-refractivity contribution in [3.05, 3.63) is 0 Å². The van der Waals surface area contributed by atoms with E-state index in [1.54, 1.807) is 0 Å². The summed E-state index contributed by atoms with van der Waals surface area (Å²) < 4.78 is 0. The number of hydrogen-bond donors (Lipinski definition) is 1. The van der Waals surface area contributed by atoms with E-state index in [4.69, 9.17) is 17.3 Å². The van der Waals surface area contributed by atoms with E-state index in [0.29, 0.717) is 17.6 Å². The first-order valence-electron chi connectivity index (χ1n) is 7.59. The summed E-state index contributed by atoms with van der Waals surface area (Å²) in [5.41, 5.74) is 5.47. The number of carbonyl (C=O) groups is 1. The van der Waals surface area contributed by atoms with E-state index in [0.717, 1.165) is 45.3 Å². The lowest BCUT2D eigenvalue weighted by Crippen LogP contribution is -2.45. The third-order valence-electron chi connectivity index (χ3n) is 3.71. The van der Waals surface area contributed by atoms with Gasteiger partial charge in [-0.3, -0.25) is 9.80 Å². The van der Waals surface area contributed by atoms with Crippen LogP contribution in [0.1, 0.15) is 46.0 Å². The van der Waals surface area contributed by atoms with Crippen LogP contribution >= 0.6 is 11.6 Å². The van der Waals surface area contributed by atoms with Crippen molar-refractivity contribution in [2.45, 2.75) is 52.0 Å². The van der Waals surface area contributed by atoms with Gasteiger partial charge in [0.15, 0.2) is 0 Å². The van der Waals surface area contributed by atoms with E-state index < -0.39 is 0 Å². The van der Waals surface area contributed by atoms with Crippen molar-refractivity contribution in [2.75, 3.05) is 26.2 Å². The van der Waals surface area contributed by atoms with Crippen molar-refractivity contribution in [3.8, 4) is 0 Å². The normalized spacial score (nSPS) is 17.4. The molecule has 0 bridgehead atoms. The quantitative estimate of drug-likeness (QED) is 0.578. The maximum atomic E-state index is 12.0. The third-order valence-corrected chi connectivity index (χ3v) is 3.94. The molecule has 20 heavy (non-hydrogen) atoms. The number of likely N-dealkylation sites (tertiary alicyclic amines) is 1. The Bertz CT molecular complexity index is 327. The Morgan fingerprint density at radius 3 is 2.55 bits per heavy atom. The van der Waals surface area contributed by atoms with Crippen molar-refractivity contribution in [1.82, 2.24) is 9.91 Å². The lowest BCUT2D eigenvalue weighted by Gasteiger charge is -2.37. The molecule has 0 aromatic rings.